The predicted molar refractivity (Wildman–Crippen MR) is 59.3 cm³/mol. The van der Waals surface area contributed by atoms with Gasteiger partial charge in [0.05, 0.1) is 11.2 Å². The van der Waals surface area contributed by atoms with Gasteiger partial charge in [-0.3, -0.25) is 4.79 Å². The van der Waals surface area contributed by atoms with Crippen molar-refractivity contribution in [1.82, 2.24) is 9.55 Å². The molecule has 0 spiro atoms. The van der Waals surface area contributed by atoms with Crippen LogP contribution in [0.2, 0.25) is 0 Å². The topological polar surface area (TPSA) is 58.0 Å². The summed E-state index contributed by atoms with van der Waals surface area (Å²) < 4.78 is 1.83. The third-order valence-electron chi connectivity index (χ3n) is 2.89. The lowest BCUT2D eigenvalue weighted by molar-refractivity contribution is 0.474. The lowest BCUT2D eigenvalue weighted by Gasteiger charge is -2.00. The number of aromatic amines is 1. The zero-order valence-corrected chi connectivity index (χ0v) is 9.09. The van der Waals surface area contributed by atoms with E-state index in [0.29, 0.717) is 11.1 Å². The molecule has 2 aromatic heterocycles. The third kappa shape index (κ3) is 1.25. The highest BCUT2D eigenvalue weighted by atomic mass is 16.3. The monoisotopic (exact) mass is 206 g/mol. The van der Waals surface area contributed by atoms with Crippen LogP contribution in [0.4, 0.5) is 0 Å². The summed E-state index contributed by atoms with van der Waals surface area (Å²) in [5.74, 6) is 0.0800. The van der Waals surface area contributed by atoms with Crippen molar-refractivity contribution in [2.45, 2.75) is 20.3 Å². The third-order valence-corrected chi connectivity index (χ3v) is 2.89. The maximum atomic E-state index is 11.7. The Morgan fingerprint density at radius 3 is 2.80 bits per heavy atom. The van der Waals surface area contributed by atoms with Crippen molar-refractivity contribution in [1.29, 1.82) is 0 Å². The second kappa shape index (κ2) is 3.15. The maximum absolute atomic E-state index is 11.7. The number of rotatable bonds is 1. The minimum atomic E-state index is -0.217. The van der Waals surface area contributed by atoms with Crippen molar-refractivity contribution in [3.63, 3.8) is 0 Å². The molecule has 80 valence electrons. The molecule has 2 rings (SSSR count). The average molecular weight is 206 g/mol. The molecule has 0 unspecified atom stereocenters. The number of pyridine rings is 1. The van der Waals surface area contributed by atoms with Crippen molar-refractivity contribution in [3.05, 3.63) is 27.8 Å². The van der Waals surface area contributed by atoms with Crippen molar-refractivity contribution in [2.24, 2.45) is 7.05 Å². The second-order valence-electron chi connectivity index (χ2n) is 3.73. The Kier molecular flexibility index (Phi) is 2.07. The Morgan fingerprint density at radius 1 is 1.53 bits per heavy atom. The molecule has 0 aliphatic heterocycles. The second-order valence-corrected chi connectivity index (χ2v) is 3.73. The van der Waals surface area contributed by atoms with Crippen molar-refractivity contribution in [3.8, 4) is 5.75 Å². The SMILES string of the molecule is CCc1cc2c(c(O)c(C)n2C)c(=O)[nH]1. The highest BCUT2D eigenvalue weighted by molar-refractivity contribution is 5.87. The van der Waals surface area contributed by atoms with E-state index < -0.39 is 0 Å². The van der Waals surface area contributed by atoms with Crippen LogP contribution in [0.3, 0.4) is 0 Å². The van der Waals surface area contributed by atoms with E-state index in [9.17, 15) is 9.90 Å². The number of hydrogen-bond donors (Lipinski definition) is 2. The van der Waals surface area contributed by atoms with Crippen LogP contribution in [-0.2, 0) is 13.5 Å². The first-order valence-electron chi connectivity index (χ1n) is 4.96. The van der Waals surface area contributed by atoms with E-state index in [2.05, 4.69) is 4.98 Å². The van der Waals surface area contributed by atoms with Crippen LogP contribution in [0.25, 0.3) is 10.9 Å². The van der Waals surface area contributed by atoms with Crippen LogP contribution in [0.5, 0.6) is 5.75 Å². The molecular formula is C11H14N2O2. The molecule has 0 aliphatic carbocycles. The Hall–Kier alpha value is -1.71. The minimum Gasteiger partial charge on any atom is -0.505 e. The van der Waals surface area contributed by atoms with Crippen LogP contribution in [0.1, 0.15) is 18.3 Å². The smallest absolute Gasteiger partial charge is 0.261 e. The predicted octanol–water partition coefficient (Wildman–Crippen LogP) is 1.44. The van der Waals surface area contributed by atoms with Gasteiger partial charge in [-0.1, -0.05) is 6.92 Å². The van der Waals surface area contributed by atoms with Gasteiger partial charge >= 0.3 is 0 Å². The molecule has 4 nitrogen and oxygen atoms in total. The van der Waals surface area contributed by atoms with Crippen LogP contribution < -0.4 is 5.56 Å². The van der Waals surface area contributed by atoms with Crippen LogP contribution in [0.15, 0.2) is 10.9 Å². The van der Waals surface area contributed by atoms with E-state index in [1.54, 1.807) is 6.92 Å². The highest BCUT2D eigenvalue weighted by Gasteiger charge is 2.14. The van der Waals surface area contributed by atoms with E-state index in [-0.39, 0.29) is 11.3 Å². The van der Waals surface area contributed by atoms with Crippen molar-refractivity contribution < 1.29 is 5.11 Å². The number of nitrogens with one attached hydrogen (secondary N) is 1. The van der Waals surface area contributed by atoms with E-state index >= 15 is 0 Å². The molecule has 0 saturated heterocycles. The fraction of sp³-hybridized carbons (Fsp3) is 0.364. The molecule has 15 heavy (non-hydrogen) atoms. The molecule has 2 aromatic rings. The zero-order chi connectivity index (χ0) is 11.2. The van der Waals surface area contributed by atoms with E-state index in [4.69, 9.17) is 0 Å². The molecular weight excluding hydrogens is 192 g/mol. The first-order chi connectivity index (χ1) is 7.06. The minimum absolute atomic E-state index is 0.0800. The summed E-state index contributed by atoms with van der Waals surface area (Å²) in [4.78, 5) is 14.5. The van der Waals surface area contributed by atoms with Gasteiger partial charge in [0.25, 0.3) is 5.56 Å². The lowest BCUT2D eigenvalue weighted by atomic mass is 10.2. The van der Waals surface area contributed by atoms with Crippen molar-refractivity contribution >= 4 is 10.9 Å². The van der Waals surface area contributed by atoms with Gasteiger partial charge in [0.1, 0.15) is 11.1 Å². The molecule has 0 saturated carbocycles. The summed E-state index contributed by atoms with van der Waals surface area (Å²) in [6.07, 6.45) is 0.774. The normalized spacial score (nSPS) is 11.1. The fourth-order valence-corrected chi connectivity index (χ4v) is 1.80. The van der Waals surface area contributed by atoms with E-state index in [0.717, 1.165) is 17.6 Å². The van der Waals surface area contributed by atoms with Gasteiger partial charge in [-0.25, -0.2) is 0 Å². The first-order valence-corrected chi connectivity index (χ1v) is 4.96. The van der Waals surface area contributed by atoms with Gasteiger partial charge in [-0.05, 0) is 19.4 Å². The summed E-state index contributed by atoms with van der Waals surface area (Å²) >= 11 is 0. The Bertz CT molecular complexity index is 578. The van der Waals surface area contributed by atoms with Gasteiger partial charge < -0.3 is 14.7 Å². The number of aromatic nitrogens is 2. The van der Waals surface area contributed by atoms with E-state index in [1.165, 1.54) is 0 Å². The van der Waals surface area contributed by atoms with E-state index in [1.807, 2.05) is 24.6 Å². The van der Waals surface area contributed by atoms with Gasteiger partial charge in [0.2, 0.25) is 0 Å². The maximum Gasteiger partial charge on any atom is 0.261 e. The summed E-state index contributed by atoms with van der Waals surface area (Å²) in [5, 5.41) is 10.2. The summed E-state index contributed by atoms with van der Waals surface area (Å²) in [6, 6.07) is 1.91. The number of hydrogen-bond acceptors (Lipinski definition) is 2. The molecule has 0 atom stereocenters. The molecule has 2 N–H and O–H groups in total. The lowest BCUT2D eigenvalue weighted by Crippen LogP contribution is -2.08. The zero-order valence-electron chi connectivity index (χ0n) is 9.09. The van der Waals surface area contributed by atoms with Gasteiger partial charge in [-0.2, -0.15) is 0 Å². The van der Waals surface area contributed by atoms with Crippen LogP contribution in [-0.4, -0.2) is 14.7 Å². The van der Waals surface area contributed by atoms with Gasteiger partial charge in [0.15, 0.2) is 0 Å². The summed E-state index contributed by atoms with van der Waals surface area (Å²) in [5.41, 5.74) is 2.16. The number of aryl methyl sites for hydroxylation is 2. The molecule has 0 aliphatic rings. The molecule has 0 aromatic carbocycles. The largest absolute Gasteiger partial charge is 0.505 e. The standard InChI is InChI=1S/C11H14N2O2/c1-4-7-5-8-9(11(15)12-7)10(14)6(2)13(8)3/h5,14H,4H2,1-3H3,(H,12,15). The summed E-state index contributed by atoms with van der Waals surface area (Å²) in [6.45, 7) is 3.77. The molecule has 4 heteroatoms. The molecule has 0 radical (unpaired) electrons. The Balaban J connectivity index is 2.98. The Labute approximate surface area is 87.2 Å². The number of H-pyrrole nitrogens is 1. The summed E-state index contributed by atoms with van der Waals surface area (Å²) in [7, 11) is 1.84. The van der Waals surface area contributed by atoms with Gasteiger partial charge in [-0.15, -0.1) is 0 Å². The number of nitrogens with zero attached hydrogens (tertiary/aromatic N) is 1. The molecule has 0 amide bonds. The van der Waals surface area contributed by atoms with Gasteiger partial charge in [0, 0.05) is 12.7 Å². The molecule has 2 heterocycles. The number of fused-ring (bicyclic) bond motifs is 1. The Morgan fingerprint density at radius 2 is 2.20 bits per heavy atom. The first kappa shape index (κ1) is 9.83. The fourth-order valence-electron chi connectivity index (χ4n) is 1.80. The van der Waals surface area contributed by atoms with Crippen molar-refractivity contribution in [2.75, 3.05) is 0 Å². The van der Waals surface area contributed by atoms with Crippen LogP contribution in [0, 0.1) is 6.92 Å². The van der Waals surface area contributed by atoms with Crippen LogP contribution >= 0.6 is 0 Å². The average Bonchev–Trinajstić information content (AvgIpc) is 2.44. The molecule has 0 fully saturated rings. The number of aromatic hydroxyl groups is 1. The quantitative estimate of drug-likeness (QED) is 0.741. The molecule has 0 bridgehead atoms. The highest BCUT2D eigenvalue weighted by Crippen LogP contribution is 2.27.